The fourth-order valence-corrected chi connectivity index (χ4v) is 5.26. The van der Waals surface area contributed by atoms with Gasteiger partial charge in [-0.05, 0) is 34.4 Å². The van der Waals surface area contributed by atoms with Gasteiger partial charge in [-0.1, -0.05) is 97.1 Å². The Bertz CT molecular complexity index is 1470. The van der Waals surface area contributed by atoms with Gasteiger partial charge in [-0.3, -0.25) is 14.5 Å². The van der Waals surface area contributed by atoms with Crippen LogP contribution in [0.15, 0.2) is 109 Å². The van der Waals surface area contributed by atoms with Gasteiger partial charge in [0.05, 0.1) is 17.3 Å². The quantitative estimate of drug-likeness (QED) is 0.269. The van der Waals surface area contributed by atoms with Crippen LogP contribution in [0.4, 0.5) is 5.69 Å². The van der Waals surface area contributed by atoms with Gasteiger partial charge in [0.15, 0.2) is 0 Å². The molecule has 0 bridgehead atoms. The molecule has 4 aromatic carbocycles. The number of carbonyl (C=O) groups is 3. The number of carbonyl (C=O) groups excluding carboxylic acids is 2. The molecule has 9 heteroatoms. The van der Waals surface area contributed by atoms with E-state index in [1.54, 1.807) is 17.0 Å². The van der Waals surface area contributed by atoms with Gasteiger partial charge in [0.25, 0.3) is 0 Å². The van der Waals surface area contributed by atoms with Crippen molar-refractivity contribution >= 4 is 53.0 Å². The van der Waals surface area contributed by atoms with Crippen LogP contribution in [-0.4, -0.2) is 102 Å². The summed E-state index contributed by atoms with van der Waals surface area (Å²) in [5, 5.41) is 12.3. The second kappa shape index (κ2) is 15.6. The Balaban J connectivity index is 0.00000423. The number of benzene rings is 4. The number of aromatic carboxylic acids is 1. The molecule has 0 spiro atoms. The first kappa shape index (κ1) is 32.1. The summed E-state index contributed by atoms with van der Waals surface area (Å²) in [5.41, 5.74) is 4.16. The maximum atomic E-state index is 12.8. The van der Waals surface area contributed by atoms with E-state index in [0.29, 0.717) is 26.2 Å². The van der Waals surface area contributed by atoms with Crippen LogP contribution in [0.2, 0.25) is 0 Å². The zero-order valence-electron chi connectivity index (χ0n) is 23.2. The molecule has 8 nitrogen and oxygen atoms in total. The summed E-state index contributed by atoms with van der Waals surface area (Å²) < 4.78 is 5.42. The number of ether oxygens (including phenoxy) is 1. The first-order valence-corrected chi connectivity index (χ1v) is 13.9. The van der Waals surface area contributed by atoms with Crippen LogP contribution in [0.1, 0.15) is 27.5 Å². The van der Waals surface area contributed by atoms with Crippen LogP contribution in [-0.2, 0) is 14.3 Å². The molecule has 1 aliphatic heterocycles. The van der Waals surface area contributed by atoms with E-state index in [1.165, 1.54) is 17.2 Å². The molecule has 1 fully saturated rings. The van der Waals surface area contributed by atoms with E-state index in [9.17, 15) is 19.5 Å². The molecule has 2 amide bonds. The molecule has 0 aliphatic carbocycles. The predicted molar refractivity (Wildman–Crippen MR) is 168 cm³/mol. The minimum absolute atomic E-state index is 0. The number of amides is 2. The van der Waals surface area contributed by atoms with E-state index < -0.39 is 11.9 Å². The Morgan fingerprint density at radius 1 is 0.721 bits per heavy atom. The van der Waals surface area contributed by atoms with Crippen molar-refractivity contribution in [3.05, 3.63) is 126 Å². The Morgan fingerprint density at radius 2 is 1.28 bits per heavy atom. The van der Waals surface area contributed by atoms with E-state index in [-0.39, 0.29) is 66.0 Å². The number of carboxylic acid groups (broad SMARTS) is 1. The SMILES string of the molecule is O=C(COCC(=O)N1CCN(C(c2ccccc2)c2ccccc2)CC1)Nc1ccc(-c2ccccc2)cc1C(=O)O.[NaH]. The van der Waals surface area contributed by atoms with Gasteiger partial charge in [-0.25, -0.2) is 4.79 Å². The summed E-state index contributed by atoms with van der Waals surface area (Å²) in [7, 11) is 0. The molecule has 0 atom stereocenters. The first-order chi connectivity index (χ1) is 20.5. The van der Waals surface area contributed by atoms with Gasteiger partial charge in [0.2, 0.25) is 11.8 Å². The molecule has 4 aromatic rings. The van der Waals surface area contributed by atoms with Crippen LogP contribution < -0.4 is 5.32 Å². The Hall–Kier alpha value is -3.79. The third kappa shape index (κ3) is 8.40. The molecule has 0 aromatic heterocycles. The van der Waals surface area contributed by atoms with Crippen molar-refractivity contribution in [1.29, 1.82) is 0 Å². The molecule has 216 valence electrons. The molecule has 2 N–H and O–H groups in total. The molecular weight excluding hydrogens is 553 g/mol. The molecular formula is C34H34N3NaO5. The number of anilines is 1. The van der Waals surface area contributed by atoms with Crippen LogP contribution in [0.3, 0.4) is 0 Å². The minimum atomic E-state index is -1.15. The second-order valence-corrected chi connectivity index (χ2v) is 10.1. The number of carboxylic acids is 1. The number of hydrogen-bond donors (Lipinski definition) is 2. The number of hydrogen-bond acceptors (Lipinski definition) is 5. The zero-order chi connectivity index (χ0) is 29.3. The summed E-state index contributed by atoms with van der Waals surface area (Å²) in [6.45, 7) is 1.93. The predicted octanol–water partition coefficient (Wildman–Crippen LogP) is 4.29. The van der Waals surface area contributed by atoms with Crippen molar-refractivity contribution in [3.63, 3.8) is 0 Å². The molecule has 1 saturated heterocycles. The van der Waals surface area contributed by atoms with Crippen LogP contribution in [0.5, 0.6) is 0 Å². The molecule has 1 heterocycles. The van der Waals surface area contributed by atoms with Gasteiger partial charge >= 0.3 is 35.5 Å². The van der Waals surface area contributed by atoms with E-state index >= 15 is 0 Å². The topological polar surface area (TPSA) is 99.2 Å². The van der Waals surface area contributed by atoms with Crippen LogP contribution in [0, 0.1) is 0 Å². The number of nitrogens with one attached hydrogen (secondary N) is 1. The number of nitrogens with zero attached hydrogens (tertiary/aromatic N) is 2. The summed E-state index contributed by atoms with van der Waals surface area (Å²) in [4.78, 5) is 41.4. The number of piperazine rings is 1. The Labute approximate surface area is 273 Å². The maximum absolute atomic E-state index is 12.8. The molecule has 5 rings (SSSR count). The van der Waals surface area contributed by atoms with Gasteiger partial charge in [0.1, 0.15) is 13.2 Å². The van der Waals surface area contributed by atoms with Crippen LogP contribution in [0.25, 0.3) is 11.1 Å². The van der Waals surface area contributed by atoms with Crippen molar-refractivity contribution in [2.45, 2.75) is 6.04 Å². The summed E-state index contributed by atoms with van der Waals surface area (Å²) >= 11 is 0. The third-order valence-corrected chi connectivity index (χ3v) is 7.35. The van der Waals surface area contributed by atoms with Crippen molar-refractivity contribution in [1.82, 2.24) is 9.80 Å². The summed E-state index contributed by atoms with van der Waals surface area (Å²) in [6, 6.07) is 35.0. The molecule has 43 heavy (non-hydrogen) atoms. The summed E-state index contributed by atoms with van der Waals surface area (Å²) in [6.07, 6.45) is 0. The van der Waals surface area contributed by atoms with E-state index in [2.05, 4.69) is 34.5 Å². The van der Waals surface area contributed by atoms with E-state index in [1.807, 2.05) is 66.7 Å². The molecule has 0 saturated carbocycles. The average molecular weight is 588 g/mol. The Morgan fingerprint density at radius 3 is 1.84 bits per heavy atom. The number of rotatable bonds is 10. The average Bonchev–Trinajstić information content (AvgIpc) is 3.03. The van der Waals surface area contributed by atoms with Gasteiger partial charge in [-0.2, -0.15) is 0 Å². The third-order valence-electron chi connectivity index (χ3n) is 7.35. The zero-order valence-corrected chi connectivity index (χ0v) is 23.2. The van der Waals surface area contributed by atoms with Crippen molar-refractivity contribution in [3.8, 4) is 11.1 Å². The molecule has 0 unspecified atom stereocenters. The van der Waals surface area contributed by atoms with Gasteiger partial charge in [0, 0.05) is 26.2 Å². The fourth-order valence-electron chi connectivity index (χ4n) is 5.26. The molecule has 1 aliphatic rings. The standard InChI is InChI=1S/C34H33N3O5.Na.H/c38-31(35-30-17-16-28(22-29(30)34(40)41)25-10-4-1-5-11-25)23-42-24-32(39)36-18-20-37(21-19-36)33(26-12-6-2-7-13-26)27-14-8-3-9-15-27;;/h1-17,22,33H,18-21,23-24H2,(H,35,38)(H,40,41);;. The van der Waals surface area contributed by atoms with E-state index in [0.717, 1.165) is 11.1 Å². The van der Waals surface area contributed by atoms with Crippen molar-refractivity contribution in [2.75, 3.05) is 44.7 Å². The van der Waals surface area contributed by atoms with Gasteiger partial charge < -0.3 is 20.1 Å². The Kier molecular flexibility index (Phi) is 11.7. The van der Waals surface area contributed by atoms with E-state index in [4.69, 9.17) is 4.74 Å². The van der Waals surface area contributed by atoms with Gasteiger partial charge in [-0.15, -0.1) is 0 Å². The van der Waals surface area contributed by atoms with Crippen LogP contribution >= 0.6 is 0 Å². The first-order valence-electron chi connectivity index (χ1n) is 13.9. The summed E-state index contributed by atoms with van der Waals surface area (Å²) in [5.74, 6) is -1.87. The molecule has 0 radical (unpaired) electrons. The fraction of sp³-hybridized carbons (Fsp3) is 0.206. The monoisotopic (exact) mass is 587 g/mol. The van der Waals surface area contributed by atoms with Crippen molar-refractivity contribution < 1.29 is 24.2 Å². The van der Waals surface area contributed by atoms with Crippen molar-refractivity contribution in [2.24, 2.45) is 0 Å². The second-order valence-electron chi connectivity index (χ2n) is 10.1. The normalized spacial score (nSPS) is 13.3.